The number of halogens is 1. The molecule has 2 amide bonds. The monoisotopic (exact) mass is 496 g/mol. The molecule has 8 heteroatoms. The van der Waals surface area contributed by atoms with E-state index in [1.54, 1.807) is 24.3 Å². The van der Waals surface area contributed by atoms with Crippen molar-refractivity contribution in [3.63, 3.8) is 0 Å². The molecule has 2 N–H and O–H groups in total. The van der Waals surface area contributed by atoms with Gasteiger partial charge in [0.25, 0.3) is 5.91 Å². The number of carbonyl (C=O) groups excluding carboxylic acids is 2. The molecule has 2 aromatic carbocycles. The molecule has 3 aromatic rings. The third-order valence-corrected chi connectivity index (χ3v) is 7.21. The number of thiazole rings is 1. The molecule has 1 saturated heterocycles. The van der Waals surface area contributed by atoms with Crippen molar-refractivity contribution in [2.45, 2.75) is 38.8 Å². The third-order valence-electron chi connectivity index (χ3n) is 6.08. The lowest BCUT2D eigenvalue weighted by molar-refractivity contribution is -0.116. The van der Waals surface area contributed by atoms with Gasteiger partial charge in [0.2, 0.25) is 5.91 Å². The first-order valence-electron chi connectivity index (χ1n) is 11.5. The molecule has 1 aliphatic rings. The number of hydrogen-bond donors (Lipinski definition) is 2. The number of benzene rings is 2. The van der Waals surface area contributed by atoms with Crippen molar-refractivity contribution in [2.75, 3.05) is 18.4 Å². The van der Waals surface area contributed by atoms with Crippen LogP contribution in [0.25, 0.3) is 0 Å². The van der Waals surface area contributed by atoms with Crippen molar-refractivity contribution in [3.8, 4) is 0 Å². The van der Waals surface area contributed by atoms with Gasteiger partial charge in [0.15, 0.2) is 5.13 Å². The molecule has 2 heterocycles. The number of carbonyl (C=O) groups is 2. The van der Waals surface area contributed by atoms with E-state index < -0.39 is 6.04 Å². The molecule has 34 heavy (non-hydrogen) atoms. The van der Waals surface area contributed by atoms with Gasteiger partial charge in [0.1, 0.15) is 0 Å². The Hall–Kier alpha value is -2.74. The topological polar surface area (TPSA) is 74.3 Å². The average Bonchev–Trinajstić information content (AvgIpc) is 3.27. The minimum atomic E-state index is -0.500. The van der Waals surface area contributed by atoms with Gasteiger partial charge in [0.05, 0.1) is 28.7 Å². The minimum Gasteiger partial charge on any atom is -0.345 e. The summed E-state index contributed by atoms with van der Waals surface area (Å²) in [5, 5.41) is 8.82. The summed E-state index contributed by atoms with van der Waals surface area (Å²) in [6.07, 6.45) is 2.52. The van der Waals surface area contributed by atoms with E-state index in [1.807, 2.05) is 35.7 Å². The highest BCUT2D eigenvalue weighted by Gasteiger charge is 2.21. The van der Waals surface area contributed by atoms with Gasteiger partial charge in [0, 0.05) is 11.9 Å². The van der Waals surface area contributed by atoms with Crippen LogP contribution >= 0.6 is 22.9 Å². The van der Waals surface area contributed by atoms with Gasteiger partial charge in [-0.15, -0.1) is 11.3 Å². The molecular weight excluding hydrogens is 468 g/mol. The molecule has 1 unspecified atom stereocenters. The largest absolute Gasteiger partial charge is 0.345 e. The van der Waals surface area contributed by atoms with Crippen LogP contribution < -0.4 is 10.6 Å². The van der Waals surface area contributed by atoms with Crippen molar-refractivity contribution < 1.29 is 9.59 Å². The van der Waals surface area contributed by atoms with Crippen molar-refractivity contribution in [1.82, 2.24) is 15.2 Å². The lowest BCUT2D eigenvalue weighted by atomic mass is 9.99. The second-order valence-corrected chi connectivity index (χ2v) is 10.0. The highest BCUT2D eigenvalue weighted by atomic mass is 35.5. The van der Waals surface area contributed by atoms with Gasteiger partial charge in [-0.25, -0.2) is 4.98 Å². The first kappa shape index (κ1) is 24.4. The molecule has 1 aliphatic heterocycles. The second kappa shape index (κ2) is 11.6. The summed E-state index contributed by atoms with van der Waals surface area (Å²) in [5.74, 6) is 0.262. The molecule has 1 atom stereocenters. The Bertz CT molecular complexity index is 1110. The van der Waals surface area contributed by atoms with Crippen LogP contribution in [0.3, 0.4) is 0 Å². The lowest BCUT2D eigenvalue weighted by Gasteiger charge is -2.29. The number of aromatic nitrogens is 1. The molecule has 6 nitrogen and oxygen atoms in total. The summed E-state index contributed by atoms with van der Waals surface area (Å²) in [7, 11) is 0. The predicted molar refractivity (Wildman–Crippen MR) is 137 cm³/mol. The third kappa shape index (κ3) is 6.65. The molecule has 0 radical (unpaired) electrons. The number of amides is 2. The lowest BCUT2D eigenvalue weighted by Crippen LogP contribution is -2.32. The Kier molecular flexibility index (Phi) is 8.32. The number of nitrogens with zero attached hydrogens (tertiary/aromatic N) is 2. The van der Waals surface area contributed by atoms with Gasteiger partial charge in [-0.1, -0.05) is 61.0 Å². The Balaban J connectivity index is 1.39. The molecule has 1 fully saturated rings. The standard InChI is InChI=1S/C26H29ClN4O2S/c1-18-11-13-31(14-12-18)16-20-17-34-26(28-20)30-24(32)15-23(19-7-3-2-4-8-19)29-25(33)21-9-5-6-10-22(21)27/h2-10,17-18,23H,11-16H2,1H3,(H,29,33)(H,28,30,32). The molecule has 0 bridgehead atoms. The zero-order chi connectivity index (χ0) is 23.9. The first-order chi connectivity index (χ1) is 16.5. The number of nitrogens with one attached hydrogen (secondary N) is 2. The minimum absolute atomic E-state index is 0.0825. The number of likely N-dealkylation sites (tertiary alicyclic amines) is 1. The zero-order valence-corrected chi connectivity index (χ0v) is 20.7. The summed E-state index contributed by atoms with van der Waals surface area (Å²) < 4.78 is 0. The average molecular weight is 497 g/mol. The van der Waals surface area contributed by atoms with Gasteiger partial charge in [-0.2, -0.15) is 0 Å². The number of anilines is 1. The Morgan fingerprint density at radius 3 is 2.56 bits per heavy atom. The van der Waals surface area contributed by atoms with Crippen molar-refractivity contribution in [2.24, 2.45) is 5.92 Å². The first-order valence-corrected chi connectivity index (χ1v) is 12.8. The van der Waals surface area contributed by atoms with E-state index in [0.717, 1.165) is 36.8 Å². The van der Waals surface area contributed by atoms with Crippen LogP contribution in [0.4, 0.5) is 5.13 Å². The number of piperidine rings is 1. The molecule has 4 rings (SSSR count). The van der Waals surface area contributed by atoms with E-state index >= 15 is 0 Å². The quantitative estimate of drug-likeness (QED) is 0.430. The van der Waals surface area contributed by atoms with Crippen LogP contribution in [-0.4, -0.2) is 34.8 Å². The maximum atomic E-state index is 12.9. The van der Waals surface area contributed by atoms with E-state index in [9.17, 15) is 9.59 Å². The van der Waals surface area contributed by atoms with E-state index in [-0.39, 0.29) is 18.2 Å². The van der Waals surface area contributed by atoms with Gasteiger partial charge >= 0.3 is 0 Å². The SMILES string of the molecule is CC1CCN(Cc2csc(NC(=O)CC(NC(=O)c3ccccc3Cl)c3ccccc3)n2)CC1. The van der Waals surface area contributed by atoms with E-state index in [2.05, 4.69) is 27.4 Å². The number of hydrogen-bond acceptors (Lipinski definition) is 5. The molecule has 1 aromatic heterocycles. The van der Waals surface area contributed by atoms with Gasteiger partial charge < -0.3 is 10.6 Å². The summed E-state index contributed by atoms with van der Waals surface area (Å²) >= 11 is 7.62. The van der Waals surface area contributed by atoms with Crippen molar-refractivity contribution in [1.29, 1.82) is 0 Å². The summed E-state index contributed by atoms with van der Waals surface area (Å²) in [5.41, 5.74) is 2.20. The van der Waals surface area contributed by atoms with Crippen LogP contribution in [0.5, 0.6) is 0 Å². The summed E-state index contributed by atoms with van der Waals surface area (Å²) in [4.78, 5) is 32.8. The van der Waals surface area contributed by atoms with Crippen molar-refractivity contribution >= 4 is 39.9 Å². The second-order valence-electron chi connectivity index (χ2n) is 8.77. The van der Waals surface area contributed by atoms with E-state index in [0.29, 0.717) is 15.7 Å². The number of rotatable bonds is 8. The highest BCUT2D eigenvalue weighted by Crippen LogP contribution is 2.23. The summed E-state index contributed by atoms with van der Waals surface area (Å²) in [6, 6.07) is 15.8. The predicted octanol–water partition coefficient (Wildman–Crippen LogP) is 5.53. The molecular formula is C26H29ClN4O2S. The highest BCUT2D eigenvalue weighted by molar-refractivity contribution is 7.13. The van der Waals surface area contributed by atoms with Crippen LogP contribution in [0.15, 0.2) is 60.0 Å². The fourth-order valence-corrected chi connectivity index (χ4v) is 5.00. The Labute approximate surface area is 209 Å². The molecule has 0 spiro atoms. The van der Waals surface area contributed by atoms with Crippen LogP contribution in [0.1, 0.15) is 53.8 Å². The Morgan fingerprint density at radius 2 is 1.82 bits per heavy atom. The van der Waals surface area contributed by atoms with Crippen molar-refractivity contribution in [3.05, 3.63) is 81.8 Å². The zero-order valence-electron chi connectivity index (χ0n) is 19.2. The maximum Gasteiger partial charge on any atom is 0.253 e. The van der Waals surface area contributed by atoms with E-state index in [1.165, 1.54) is 24.2 Å². The van der Waals surface area contributed by atoms with Crippen LogP contribution in [0.2, 0.25) is 5.02 Å². The normalized spacial score (nSPS) is 15.6. The summed E-state index contributed by atoms with van der Waals surface area (Å²) in [6.45, 7) is 5.28. The maximum absolute atomic E-state index is 12.9. The molecule has 178 valence electrons. The fourth-order valence-electron chi connectivity index (χ4n) is 4.06. The van der Waals surface area contributed by atoms with Gasteiger partial charge in [-0.05, 0) is 49.5 Å². The Morgan fingerprint density at radius 1 is 1.12 bits per heavy atom. The van der Waals surface area contributed by atoms with Gasteiger partial charge in [-0.3, -0.25) is 14.5 Å². The van der Waals surface area contributed by atoms with Crippen LogP contribution in [0, 0.1) is 5.92 Å². The molecule has 0 saturated carbocycles. The smallest absolute Gasteiger partial charge is 0.253 e. The fraction of sp³-hybridized carbons (Fsp3) is 0.346. The molecule has 0 aliphatic carbocycles. The van der Waals surface area contributed by atoms with E-state index in [4.69, 9.17) is 11.6 Å². The van der Waals surface area contributed by atoms with Crippen LogP contribution in [-0.2, 0) is 11.3 Å².